The third kappa shape index (κ3) is 5.50. The van der Waals surface area contributed by atoms with E-state index in [1.54, 1.807) is 13.0 Å². The largest absolute Gasteiger partial charge is 0.573 e. The SMILES string of the molecule is Cc1nc(N[C@H](CO)C(C)C)cc(N2CCc3cc(OC(F)(F)F)ccc3C2)n1. The molecule has 2 N–H and O–H groups in total. The Bertz CT molecular complexity index is 858. The fourth-order valence-electron chi connectivity index (χ4n) is 3.32. The van der Waals surface area contributed by atoms with Crippen LogP contribution in [0.1, 0.15) is 30.8 Å². The van der Waals surface area contributed by atoms with Crippen molar-refractivity contribution in [3.8, 4) is 5.75 Å². The van der Waals surface area contributed by atoms with Gasteiger partial charge in [0, 0.05) is 19.2 Å². The maximum absolute atomic E-state index is 12.4. The second kappa shape index (κ2) is 8.44. The van der Waals surface area contributed by atoms with Crippen LogP contribution in [0.25, 0.3) is 0 Å². The van der Waals surface area contributed by atoms with Crippen LogP contribution in [0, 0.1) is 12.8 Å². The molecule has 158 valence electrons. The first kappa shape index (κ1) is 21.2. The van der Waals surface area contributed by atoms with Gasteiger partial charge in [-0.05, 0) is 42.5 Å². The number of nitrogens with zero attached hydrogens (tertiary/aromatic N) is 3. The first-order valence-electron chi connectivity index (χ1n) is 9.50. The van der Waals surface area contributed by atoms with E-state index < -0.39 is 6.36 Å². The van der Waals surface area contributed by atoms with Crippen LogP contribution in [0.2, 0.25) is 0 Å². The molecule has 2 aromatic rings. The number of nitrogens with one attached hydrogen (secondary N) is 1. The van der Waals surface area contributed by atoms with Crippen molar-refractivity contribution in [2.24, 2.45) is 5.92 Å². The predicted octanol–water partition coefficient (Wildman–Crippen LogP) is 3.68. The number of halogens is 3. The number of aryl methyl sites for hydroxylation is 1. The van der Waals surface area contributed by atoms with Crippen molar-refractivity contribution in [2.75, 3.05) is 23.4 Å². The number of rotatable bonds is 6. The summed E-state index contributed by atoms with van der Waals surface area (Å²) in [5.41, 5.74) is 1.78. The van der Waals surface area contributed by atoms with Gasteiger partial charge < -0.3 is 20.1 Å². The van der Waals surface area contributed by atoms with E-state index in [0.29, 0.717) is 31.2 Å². The van der Waals surface area contributed by atoms with Crippen LogP contribution < -0.4 is 15.0 Å². The molecule has 0 radical (unpaired) electrons. The van der Waals surface area contributed by atoms with Crippen LogP contribution in [0.4, 0.5) is 24.8 Å². The highest BCUT2D eigenvalue weighted by atomic mass is 19.4. The van der Waals surface area contributed by atoms with Crippen LogP contribution in [-0.4, -0.2) is 40.6 Å². The maximum atomic E-state index is 12.4. The van der Waals surface area contributed by atoms with E-state index in [1.807, 2.05) is 19.9 Å². The quantitative estimate of drug-likeness (QED) is 0.757. The van der Waals surface area contributed by atoms with Crippen molar-refractivity contribution in [3.63, 3.8) is 0 Å². The zero-order valence-electron chi connectivity index (χ0n) is 16.6. The summed E-state index contributed by atoms with van der Waals surface area (Å²) in [5.74, 6) is 2.01. The standard InChI is InChI=1S/C20H25F3N4O2/c1-12(2)17(11-28)26-18-9-19(25-13(3)24-18)27-7-6-14-8-16(29-20(21,22)23)5-4-15(14)10-27/h4-5,8-9,12,17,28H,6-7,10-11H2,1-3H3,(H,24,25,26)/t17-/m1/s1. The van der Waals surface area contributed by atoms with Gasteiger partial charge in [-0.3, -0.25) is 0 Å². The topological polar surface area (TPSA) is 70.5 Å². The lowest BCUT2D eigenvalue weighted by Crippen LogP contribution is -2.32. The Morgan fingerprint density at radius 2 is 1.97 bits per heavy atom. The average Bonchev–Trinajstić information content (AvgIpc) is 2.63. The second-order valence-corrected chi connectivity index (χ2v) is 7.49. The highest BCUT2D eigenvalue weighted by Gasteiger charge is 2.31. The highest BCUT2D eigenvalue weighted by Crippen LogP contribution is 2.30. The van der Waals surface area contributed by atoms with Gasteiger partial charge in [0.1, 0.15) is 23.2 Å². The molecule has 0 unspecified atom stereocenters. The molecule has 0 bridgehead atoms. The maximum Gasteiger partial charge on any atom is 0.573 e. The number of ether oxygens (including phenoxy) is 1. The molecule has 0 spiro atoms. The minimum atomic E-state index is -4.70. The number of aliphatic hydroxyl groups is 1. The summed E-state index contributed by atoms with van der Waals surface area (Å²) in [6.45, 7) is 6.98. The number of fused-ring (bicyclic) bond motifs is 1. The van der Waals surface area contributed by atoms with Crippen molar-refractivity contribution < 1.29 is 23.0 Å². The molecule has 2 heterocycles. The molecule has 1 aliphatic heterocycles. The van der Waals surface area contributed by atoms with Crippen LogP contribution >= 0.6 is 0 Å². The molecule has 9 heteroatoms. The summed E-state index contributed by atoms with van der Waals surface area (Å²) >= 11 is 0. The smallest absolute Gasteiger partial charge is 0.406 e. The Balaban J connectivity index is 1.77. The molecular formula is C20H25F3N4O2. The van der Waals surface area contributed by atoms with Gasteiger partial charge in [0.2, 0.25) is 0 Å². The van der Waals surface area contributed by atoms with E-state index >= 15 is 0 Å². The number of benzene rings is 1. The average molecular weight is 410 g/mol. The first-order valence-corrected chi connectivity index (χ1v) is 9.50. The molecule has 1 atom stereocenters. The molecular weight excluding hydrogens is 385 g/mol. The zero-order valence-corrected chi connectivity index (χ0v) is 16.6. The molecule has 1 aromatic heterocycles. The van der Waals surface area contributed by atoms with Crippen molar-refractivity contribution in [2.45, 2.75) is 46.1 Å². The lowest BCUT2D eigenvalue weighted by molar-refractivity contribution is -0.274. The van der Waals surface area contributed by atoms with Gasteiger partial charge in [-0.15, -0.1) is 13.2 Å². The lowest BCUT2D eigenvalue weighted by atomic mass is 9.99. The Hall–Kier alpha value is -2.55. The van der Waals surface area contributed by atoms with Gasteiger partial charge in [0.05, 0.1) is 12.6 Å². The molecule has 0 saturated carbocycles. The van der Waals surface area contributed by atoms with Crippen molar-refractivity contribution in [3.05, 3.63) is 41.2 Å². The molecule has 29 heavy (non-hydrogen) atoms. The number of anilines is 2. The van der Waals surface area contributed by atoms with Gasteiger partial charge in [-0.2, -0.15) is 0 Å². The monoisotopic (exact) mass is 410 g/mol. The van der Waals surface area contributed by atoms with Crippen LogP contribution in [-0.2, 0) is 13.0 Å². The van der Waals surface area contributed by atoms with E-state index in [2.05, 4.69) is 24.9 Å². The Kier molecular flexibility index (Phi) is 6.16. The Morgan fingerprint density at radius 3 is 2.62 bits per heavy atom. The third-order valence-electron chi connectivity index (χ3n) is 4.91. The second-order valence-electron chi connectivity index (χ2n) is 7.49. The number of hydrogen-bond acceptors (Lipinski definition) is 6. The fourth-order valence-corrected chi connectivity index (χ4v) is 3.32. The lowest BCUT2D eigenvalue weighted by Gasteiger charge is -2.30. The normalized spacial score (nSPS) is 15.2. The Labute approximate surface area is 167 Å². The third-order valence-corrected chi connectivity index (χ3v) is 4.91. The minimum Gasteiger partial charge on any atom is -0.406 e. The van der Waals surface area contributed by atoms with Crippen molar-refractivity contribution in [1.82, 2.24) is 9.97 Å². The molecule has 0 amide bonds. The van der Waals surface area contributed by atoms with E-state index in [9.17, 15) is 18.3 Å². The van der Waals surface area contributed by atoms with Gasteiger partial charge in [0.25, 0.3) is 0 Å². The molecule has 0 aliphatic carbocycles. The summed E-state index contributed by atoms with van der Waals surface area (Å²) in [6, 6.07) is 6.17. The fraction of sp³-hybridized carbons (Fsp3) is 0.500. The summed E-state index contributed by atoms with van der Waals surface area (Å²) in [4.78, 5) is 11.0. The zero-order chi connectivity index (χ0) is 21.2. The molecule has 0 fully saturated rings. The summed E-state index contributed by atoms with van der Waals surface area (Å²) < 4.78 is 41.3. The molecule has 1 aliphatic rings. The first-order chi connectivity index (χ1) is 13.6. The van der Waals surface area contributed by atoms with Gasteiger partial charge in [-0.1, -0.05) is 19.9 Å². The van der Waals surface area contributed by atoms with E-state index in [0.717, 1.165) is 16.9 Å². The van der Waals surface area contributed by atoms with Crippen LogP contribution in [0.15, 0.2) is 24.3 Å². The molecule has 3 rings (SSSR count). The predicted molar refractivity (Wildman–Crippen MR) is 104 cm³/mol. The van der Waals surface area contributed by atoms with Gasteiger partial charge in [-0.25, -0.2) is 9.97 Å². The van der Waals surface area contributed by atoms with Crippen molar-refractivity contribution in [1.29, 1.82) is 0 Å². The van der Waals surface area contributed by atoms with E-state index in [1.165, 1.54) is 12.1 Å². The van der Waals surface area contributed by atoms with E-state index in [4.69, 9.17) is 0 Å². The van der Waals surface area contributed by atoms with Crippen molar-refractivity contribution >= 4 is 11.6 Å². The van der Waals surface area contributed by atoms with Gasteiger partial charge >= 0.3 is 6.36 Å². The number of aliphatic hydroxyl groups excluding tert-OH is 1. The number of aromatic nitrogens is 2. The summed E-state index contributed by atoms with van der Waals surface area (Å²) in [5, 5.41) is 12.8. The minimum absolute atomic E-state index is 0.00449. The van der Waals surface area contributed by atoms with Crippen LogP contribution in [0.3, 0.4) is 0 Å². The van der Waals surface area contributed by atoms with Gasteiger partial charge in [0.15, 0.2) is 0 Å². The number of alkyl halides is 3. The highest BCUT2D eigenvalue weighted by molar-refractivity contribution is 5.52. The number of hydrogen-bond donors (Lipinski definition) is 2. The molecule has 0 saturated heterocycles. The molecule has 6 nitrogen and oxygen atoms in total. The van der Waals surface area contributed by atoms with E-state index in [-0.39, 0.29) is 24.3 Å². The Morgan fingerprint density at radius 1 is 1.21 bits per heavy atom. The summed E-state index contributed by atoms with van der Waals surface area (Å²) in [6.07, 6.45) is -4.11. The van der Waals surface area contributed by atoms with Crippen LogP contribution in [0.5, 0.6) is 5.75 Å². The summed E-state index contributed by atoms with van der Waals surface area (Å²) in [7, 11) is 0. The molecule has 1 aromatic carbocycles.